The third-order valence-corrected chi connectivity index (χ3v) is 12.9. The second-order valence-electron chi connectivity index (χ2n) is 13.4. The number of aryl methyl sites for hydroxylation is 1. The molecule has 4 fully saturated rings. The number of carboxylic acids is 1. The number of aliphatic carboxylic acids is 1. The van der Waals surface area contributed by atoms with Crippen molar-refractivity contribution in [2.24, 2.45) is 51.4 Å². The predicted octanol–water partition coefficient (Wildman–Crippen LogP) is 6.79. The van der Waals surface area contributed by atoms with Gasteiger partial charge in [-0.05, 0) is 111 Å². The van der Waals surface area contributed by atoms with Gasteiger partial charge in [-0.3, -0.25) is 4.79 Å². The largest absolute Gasteiger partial charge is 0.481 e. The fourth-order valence-corrected chi connectivity index (χ4v) is 10.4. The fourth-order valence-electron chi connectivity index (χ4n) is 9.57. The fraction of sp³-hybridized carbons (Fsp3) is 0.742. The lowest BCUT2D eigenvalue weighted by atomic mass is 9.44. The molecular formula is C31H46N2O4S. The Bertz CT molecular complexity index is 1180. The smallest absolute Gasteiger partial charge is 0.303 e. The average Bonchev–Trinajstić information content (AvgIpc) is 3.24. The maximum absolute atomic E-state index is 13.3. The molecule has 0 aliphatic heterocycles. The average molecular weight is 543 g/mol. The molecule has 0 aromatic heterocycles. The van der Waals surface area contributed by atoms with E-state index in [-0.39, 0.29) is 22.6 Å². The highest BCUT2D eigenvalue weighted by molar-refractivity contribution is 7.89. The van der Waals surface area contributed by atoms with Gasteiger partial charge in [0.15, 0.2) is 0 Å². The Morgan fingerprint density at radius 2 is 1.82 bits per heavy atom. The number of sulfonamides is 1. The molecule has 1 aromatic rings. The van der Waals surface area contributed by atoms with Gasteiger partial charge in [-0.25, -0.2) is 4.83 Å². The van der Waals surface area contributed by atoms with Crippen LogP contribution in [0.4, 0.5) is 0 Å². The van der Waals surface area contributed by atoms with Crippen molar-refractivity contribution >= 4 is 21.7 Å². The van der Waals surface area contributed by atoms with Crippen LogP contribution in [0.1, 0.15) is 97.0 Å². The van der Waals surface area contributed by atoms with Gasteiger partial charge in [-0.1, -0.05) is 51.3 Å². The number of hydrogen-bond acceptors (Lipinski definition) is 4. The van der Waals surface area contributed by atoms with E-state index in [2.05, 4.69) is 25.6 Å². The van der Waals surface area contributed by atoms with Crippen LogP contribution in [0, 0.1) is 53.3 Å². The summed E-state index contributed by atoms with van der Waals surface area (Å²) >= 11 is 0. The minimum absolute atomic E-state index is 0.177. The zero-order chi connectivity index (χ0) is 27.3. The Labute approximate surface area is 229 Å². The molecule has 4 saturated carbocycles. The molecule has 1 unspecified atom stereocenters. The van der Waals surface area contributed by atoms with Crippen LogP contribution in [0.2, 0.25) is 0 Å². The van der Waals surface area contributed by atoms with Crippen LogP contribution >= 0.6 is 0 Å². The first-order valence-electron chi connectivity index (χ1n) is 14.8. The zero-order valence-electron chi connectivity index (χ0n) is 23.6. The van der Waals surface area contributed by atoms with Crippen LogP contribution in [0.5, 0.6) is 0 Å². The van der Waals surface area contributed by atoms with Crippen molar-refractivity contribution < 1.29 is 18.3 Å². The molecule has 4 aliphatic carbocycles. The first kappa shape index (κ1) is 27.7. The van der Waals surface area contributed by atoms with Gasteiger partial charge in [0.2, 0.25) is 0 Å². The van der Waals surface area contributed by atoms with Crippen molar-refractivity contribution in [3.05, 3.63) is 29.8 Å². The van der Waals surface area contributed by atoms with Gasteiger partial charge >= 0.3 is 5.97 Å². The number of nitrogens with one attached hydrogen (secondary N) is 1. The third-order valence-electron chi connectivity index (χ3n) is 11.7. The van der Waals surface area contributed by atoms with E-state index in [0.717, 1.165) is 36.5 Å². The molecule has 210 valence electrons. The molecule has 2 N–H and O–H groups in total. The topological polar surface area (TPSA) is 95.8 Å². The summed E-state index contributed by atoms with van der Waals surface area (Å²) in [6.45, 7) is 8.99. The molecular weight excluding hydrogens is 496 g/mol. The molecule has 1 aromatic carbocycles. The first-order chi connectivity index (χ1) is 18.0. The van der Waals surface area contributed by atoms with Crippen LogP contribution in [-0.2, 0) is 14.8 Å². The molecule has 4 aliphatic rings. The van der Waals surface area contributed by atoms with Crippen LogP contribution in [0.25, 0.3) is 0 Å². The molecule has 0 saturated heterocycles. The number of carboxylic acid groups (broad SMARTS) is 1. The van der Waals surface area contributed by atoms with Gasteiger partial charge in [0.1, 0.15) is 0 Å². The highest BCUT2D eigenvalue weighted by Gasteiger charge is 2.62. The van der Waals surface area contributed by atoms with Crippen LogP contribution < -0.4 is 4.83 Å². The van der Waals surface area contributed by atoms with Crippen molar-refractivity contribution in [3.8, 4) is 0 Å². The number of fused-ring (bicyclic) bond motifs is 5. The van der Waals surface area contributed by atoms with Crippen molar-refractivity contribution in [2.45, 2.75) is 103 Å². The van der Waals surface area contributed by atoms with Gasteiger partial charge in [0.05, 0.1) is 4.90 Å². The van der Waals surface area contributed by atoms with E-state index in [1.807, 2.05) is 19.1 Å². The van der Waals surface area contributed by atoms with Crippen molar-refractivity contribution in [2.75, 3.05) is 0 Å². The van der Waals surface area contributed by atoms with Gasteiger partial charge in [-0.2, -0.15) is 13.5 Å². The molecule has 38 heavy (non-hydrogen) atoms. The zero-order valence-corrected chi connectivity index (χ0v) is 24.4. The molecule has 0 bridgehead atoms. The number of carbonyl (C=O) groups is 1. The third kappa shape index (κ3) is 4.71. The number of nitrogens with zero attached hydrogens (tertiary/aromatic N) is 1. The van der Waals surface area contributed by atoms with Crippen LogP contribution in [-0.4, -0.2) is 25.2 Å². The summed E-state index contributed by atoms with van der Waals surface area (Å²) in [4.78, 5) is 14.3. The van der Waals surface area contributed by atoms with Crippen LogP contribution in [0.15, 0.2) is 34.3 Å². The Morgan fingerprint density at radius 3 is 2.53 bits per heavy atom. The molecule has 8 atom stereocenters. The van der Waals surface area contributed by atoms with Gasteiger partial charge in [0, 0.05) is 17.5 Å². The maximum Gasteiger partial charge on any atom is 0.303 e. The van der Waals surface area contributed by atoms with E-state index < -0.39 is 16.0 Å². The van der Waals surface area contributed by atoms with E-state index in [4.69, 9.17) is 5.10 Å². The van der Waals surface area contributed by atoms with E-state index in [1.165, 1.54) is 38.5 Å². The van der Waals surface area contributed by atoms with Crippen molar-refractivity contribution in [1.82, 2.24) is 4.83 Å². The summed E-state index contributed by atoms with van der Waals surface area (Å²) in [5.74, 6) is 2.23. The van der Waals surface area contributed by atoms with E-state index >= 15 is 0 Å². The minimum Gasteiger partial charge on any atom is -0.481 e. The summed E-state index contributed by atoms with van der Waals surface area (Å²) in [5, 5.41) is 14.2. The van der Waals surface area contributed by atoms with E-state index in [0.29, 0.717) is 35.5 Å². The highest BCUT2D eigenvalue weighted by atomic mass is 32.2. The van der Waals surface area contributed by atoms with E-state index in [1.54, 1.807) is 12.1 Å². The van der Waals surface area contributed by atoms with Crippen molar-refractivity contribution in [1.29, 1.82) is 0 Å². The summed E-state index contributed by atoms with van der Waals surface area (Å²) < 4.78 is 26.5. The lowest BCUT2D eigenvalue weighted by molar-refractivity contribution is -0.137. The Kier molecular flexibility index (Phi) is 7.47. The lowest BCUT2D eigenvalue weighted by Gasteiger charge is -2.61. The molecule has 6 nitrogen and oxygen atoms in total. The molecule has 0 radical (unpaired) electrons. The number of benzene rings is 1. The molecule has 0 heterocycles. The summed E-state index contributed by atoms with van der Waals surface area (Å²) in [6.07, 6.45) is 11.7. The highest BCUT2D eigenvalue weighted by Crippen LogP contribution is 2.67. The van der Waals surface area contributed by atoms with Gasteiger partial charge in [0.25, 0.3) is 10.0 Å². The maximum atomic E-state index is 13.3. The molecule has 0 amide bonds. The first-order valence-corrected chi connectivity index (χ1v) is 16.3. The van der Waals surface area contributed by atoms with Gasteiger partial charge < -0.3 is 5.11 Å². The minimum atomic E-state index is -3.77. The molecule has 7 heteroatoms. The molecule has 5 rings (SSSR count). The number of hydrazone groups is 1. The number of hydrogen-bond donors (Lipinski definition) is 2. The lowest BCUT2D eigenvalue weighted by Crippen LogP contribution is -2.57. The predicted molar refractivity (Wildman–Crippen MR) is 150 cm³/mol. The van der Waals surface area contributed by atoms with Gasteiger partial charge in [-0.15, -0.1) is 0 Å². The Balaban J connectivity index is 1.51. The van der Waals surface area contributed by atoms with Crippen molar-refractivity contribution in [3.63, 3.8) is 0 Å². The summed E-state index contributed by atoms with van der Waals surface area (Å²) in [5.41, 5.74) is 2.11. The second kappa shape index (κ2) is 10.3. The number of rotatable bonds is 7. The van der Waals surface area contributed by atoms with E-state index in [9.17, 15) is 18.3 Å². The quantitative estimate of drug-likeness (QED) is 0.371. The summed E-state index contributed by atoms with van der Waals surface area (Å²) in [7, 11) is -3.77. The Morgan fingerprint density at radius 1 is 1.08 bits per heavy atom. The Hall–Kier alpha value is -1.89. The summed E-state index contributed by atoms with van der Waals surface area (Å²) in [6, 6.07) is 6.90. The normalized spacial score (nSPS) is 38.6. The molecule has 0 spiro atoms. The van der Waals surface area contributed by atoms with Crippen LogP contribution in [0.3, 0.4) is 0 Å². The SMILES string of the molecule is Cc1ccc(S(=O)(=O)NN=C2C[C@H]3[C@@H](CCC4CCCC[C@@]43C)[C@@H]3CC[C@H]([C@H](C)CCC(=O)O)[C@@]23C)cc1. The second-order valence-corrected chi connectivity index (χ2v) is 15.1. The monoisotopic (exact) mass is 542 g/mol. The standard InChI is InChI=1S/C31H46N2O4S/c1-20-8-12-23(13-9-20)38(36,37)33-32-28-19-27-24(14-11-22-7-5-6-18-30(22,27)3)26-16-15-25(31(26,28)4)21(2)10-17-29(34)35/h8-9,12-13,21-22,24-27,33H,5-7,10-11,14-19H2,1-4H3,(H,34,35)/t21-,22?,24+,25-,26+,27+,30+,31-/m1/s1.